The van der Waals surface area contributed by atoms with Gasteiger partial charge in [0.1, 0.15) is 5.75 Å². The lowest BCUT2D eigenvalue weighted by Gasteiger charge is -2.13. The number of hydrogen-bond donors (Lipinski definition) is 1. The molecule has 0 aliphatic carbocycles. The first kappa shape index (κ1) is 13.0. The van der Waals surface area contributed by atoms with Crippen molar-refractivity contribution >= 4 is 0 Å². The van der Waals surface area contributed by atoms with E-state index in [-0.39, 0.29) is 0 Å². The Kier molecular flexibility index (Phi) is 5.33. The molecule has 0 unspecified atom stereocenters. The molecule has 0 radical (unpaired) electrons. The fourth-order valence-corrected chi connectivity index (χ4v) is 2.04. The van der Waals surface area contributed by atoms with Gasteiger partial charge in [0.25, 0.3) is 0 Å². The molecule has 1 rings (SSSR count). The molecular formula is C14H23NO. The van der Waals surface area contributed by atoms with Gasteiger partial charge in [-0.1, -0.05) is 24.6 Å². The van der Waals surface area contributed by atoms with Gasteiger partial charge in [0, 0.05) is 0 Å². The maximum atomic E-state index is 5.46. The van der Waals surface area contributed by atoms with E-state index in [1.54, 1.807) is 7.11 Å². The molecule has 2 heteroatoms. The van der Waals surface area contributed by atoms with Gasteiger partial charge in [0.15, 0.2) is 0 Å². The molecule has 0 spiro atoms. The zero-order valence-corrected chi connectivity index (χ0v) is 10.9. The first-order valence-electron chi connectivity index (χ1n) is 6.03. The largest absolute Gasteiger partial charge is 0.496 e. The third-order valence-corrected chi connectivity index (χ3v) is 2.70. The Morgan fingerprint density at radius 2 is 1.94 bits per heavy atom. The molecule has 16 heavy (non-hydrogen) atoms. The minimum atomic E-state index is 1.02. The van der Waals surface area contributed by atoms with E-state index in [4.69, 9.17) is 4.74 Å². The molecule has 1 aromatic carbocycles. The topological polar surface area (TPSA) is 21.3 Å². The van der Waals surface area contributed by atoms with Crippen LogP contribution in [-0.2, 0) is 6.42 Å². The number of ether oxygens (including phenoxy) is 1. The Bertz CT molecular complexity index is 334. The van der Waals surface area contributed by atoms with Gasteiger partial charge in [-0.2, -0.15) is 0 Å². The average molecular weight is 221 g/mol. The molecule has 0 heterocycles. The van der Waals surface area contributed by atoms with Crippen molar-refractivity contribution < 1.29 is 4.74 Å². The summed E-state index contributed by atoms with van der Waals surface area (Å²) in [4.78, 5) is 0. The monoisotopic (exact) mass is 221 g/mol. The summed E-state index contributed by atoms with van der Waals surface area (Å²) in [6.45, 7) is 8.54. The zero-order valence-electron chi connectivity index (χ0n) is 10.9. The summed E-state index contributed by atoms with van der Waals surface area (Å²) in [5.41, 5.74) is 3.85. The quantitative estimate of drug-likeness (QED) is 0.746. The van der Waals surface area contributed by atoms with Crippen molar-refractivity contribution in [3.8, 4) is 5.75 Å². The summed E-state index contributed by atoms with van der Waals surface area (Å²) < 4.78 is 5.46. The second-order valence-electron chi connectivity index (χ2n) is 4.27. The van der Waals surface area contributed by atoms with E-state index in [2.05, 4.69) is 38.2 Å². The van der Waals surface area contributed by atoms with Crippen LogP contribution in [0, 0.1) is 13.8 Å². The van der Waals surface area contributed by atoms with E-state index in [0.717, 1.165) is 25.3 Å². The van der Waals surface area contributed by atoms with Gasteiger partial charge in [0.05, 0.1) is 7.11 Å². The van der Waals surface area contributed by atoms with Crippen LogP contribution < -0.4 is 10.1 Å². The standard InChI is InChI=1S/C14H23NO/c1-5-7-15-8-6-13-10-11(2)9-12(3)14(13)16-4/h9-10,15H,5-8H2,1-4H3. The van der Waals surface area contributed by atoms with Gasteiger partial charge in [-0.15, -0.1) is 0 Å². The highest BCUT2D eigenvalue weighted by Gasteiger charge is 2.06. The van der Waals surface area contributed by atoms with Gasteiger partial charge in [0.2, 0.25) is 0 Å². The molecule has 90 valence electrons. The Morgan fingerprint density at radius 1 is 1.19 bits per heavy atom. The van der Waals surface area contributed by atoms with Gasteiger partial charge < -0.3 is 10.1 Å². The molecule has 1 aromatic rings. The summed E-state index contributed by atoms with van der Waals surface area (Å²) in [5.74, 6) is 1.05. The van der Waals surface area contributed by atoms with Crippen LogP contribution in [0.15, 0.2) is 12.1 Å². The van der Waals surface area contributed by atoms with Crippen molar-refractivity contribution in [2.75, 3.05) is 20.2 Å². The van der Waals surface area contributed by atoms with E-state index >= 15 is 0 Å². The lowest BCUT2D eigenvalue weighted by atomic mass is 10.0. The van der Waals surface area contributed by atoms with E-state index < -0.39 is 0 Å². The van der Waals surface area contributed by atoms with Crippen molar-refractivity contribution in [1.82, 2.24) is 5.32 Å². The second-order valence-corrected chi connectivity index (χ2v) is 4.27. The third kappa shape index (κ3) is 3.53. The fourth-order valence-electron chi connectivity index (χ4n) is 2.04. The minimum absolute atomic E-state index is 1.02. The second kappa shape index (κ2) is 6.54. The summed E-state index contributed by atoms with van der Waals surface area (Å²) in [6, 6.07) is 4.39. The number of nitrogens with one attached hydrogen (secondary N) is 1. The lowest BCUT2D eigenvalue weighted by molar-refractivity contribution is 0.406. The Hall–Kier alpha value is -1.02. The fraction of sp³-hybridized carbons (Fsp3) is 0.571. The normalized spacial score (nSPS) is 10.5. The number of hydrogen-bond acceptors (Lipinski definition) is 2. The minimum Gasteiger partial charge on any atom is -0.496 e. The summed E-state index contributed by atoms with van der Waals surface area (Å²) in [5, 5.41) is 3.42. The molecule has 0 aromatic heterocycles. The molecular weight excluding hydrogens is 198 g/mol. The highest BCUT2D eigenvalue weighted by molar-refractivity contribution is 5.43. The maximum Gasteiger partial charge on any atom is 0.125 e. The summed E-state index contributed by atoms with van der Waals surface area (Å²) >= 11 is 0. The smallest absolute Gasteiger partial charge is 0.125 e. The van der Waals surface area contributed by atoms with Crippen molar-refractivity contribution in [2.45, 2.75) is 33.6 Å². The molecule has 0 aliphatic rings. The molecule has 0 saturated heterocycles. The maximum absolute atomic E-state index is 5.46. The van der Waals surface area contributed by atoms with Crippen LogP contribution in [-0.4, -0.2) is 20.2 Å². The SMILES string of the molecule is CCCNCCc1cc(C)cc(C)c1OC. The predicted molar refractivity (Wildman–Crippen MR) is 69.3 cm³/mol. The Balaban J connectivity index is 2.69. The number of rotatable bonds is 6. The van der Waals surface area contributed by atoms with E-state index in [0.29, 0.717) is 0 Å². The molecule has 0 saturated carbocycles. The molecule has 1 N–H and O–H groups in total. The number of methoxy groups -OCH3 is 1. The number of aryl methyl sites for hydroxylation is 2. The van der Waals surface area contributed by atoms with Crippen LogP contribution >= 0.6 is 0 Å². The van der Waals surface area contributed by atoms with Crippen molar-refractivity contribution in [1.29, 1.82) is 0 Å². The molecule has 2 nitrogen and oxygen atoms in total. The van der Waals surface area contributed by atoms with E-state index in [1.165, 1.54) is 23.1 Å². The van der Waals surface area contributed by atoms with Crippen LogP contribution in [0.3, 0.4) is 0 Å². The van der Waals surface area contributed by atoms with Crippen molar-refractivity contribution in [3.63, 3.8) is 0 Å². The van der Waals surface area contributed by atoms with Crippen LogP contribution in [0.2, 0.25) is 0 Å². The van der Waals surface area contributed by atoms with Gasteiger partial charge in [-0.05, 0) is 50.9 Å². The lowest BCUT2D eigenvalue weighted by Crippen LogP contribution is -2.18. The predicted octanol–water partition coefficient (Wildman–Crippen LogP) is 2.85. The number of benzene rings is 1. The van der Waals surface area contributed by atoms with E-state index in [1.807, 2.05) is 0 Å². The van der Waals surface area contributed by atoms with Crippen LogP contribution in [0.25, 0.3) is 0 Å². The molecule has 0 bridgehead atoms. The molecule has 0 atom stereocenters. The third-order valence-electron chi connectivity index (χ3n) is 2.70. The van der Waals surface area contributed by atoms with Crippen LogP contribution in [0.4, 0.5) is 0 Å². The molecule has 0 fully saturated rings. The Morgan fingerprint density at radius 3 is 2.56 bits per heavy atom. The zero-order chi connectivity index (χ0) is 12.0. The van der Waals surface area contributed by atoms with Gasteiger partial charge in [-0.25, -0.2) is 0 Å². The Labute approximate surface area is 99.0 Å². The van der Waals surface area contributed by atoms with E-state index in [9.17, 15) is 0 Å². The van der Waals surface area contributed by atoms with Crippen molar-refractivity contribution in [3.05, 3.63) is 28.8 Å². The molecule has 0 amide bonds. The first-order chi connectivity index (χ1) is 7.69. The van der Waals surface area contributed by atoms with Gasteiger partial charge in [-0.3, -0.25) is 0 Å². The van der Waals surface area contributed by atoms with Crippen LogP contribution in [0.1, 0.15) is 30.0 Å². The van der Waals surface area contributed by atoms with Crippen molar-refractivity contribution in [2.24, 2.45) is 0 Å². The average Bonchev–Trinajstić information content (AvgIpc) is 2.24. The van der Waals surface area contributed by atoms with Crippen LogP contribution in [0.5, 0.6) is 5.75 Å². The highest BCUT2D eigenvalue weighted by atomic mass is 16.5. The molecule has 0 aliphatic heterocycles. The van der Waals surface area contributed by atoms with Gasteiger partial charge >= 0.3 is 0 Å². The summed E-state index contributed by atoms with van der Waals surface area (Å²) in [7, 11) is 1.75. The highest BCUT2D eigenvalue weighted by Crippen LogP contribution is 2.25. The first-order valence-corrected chi connectivity index (χ1v) is 6.03. The summed E-state index contributed by atoms with van der Waals surface area (Å²) in [6.07, 6.45) is 2.22.